The lowest BCUT2D eigenvalue weighted by Gasteiger charge is -2.25. The number of amidine groups is 1. The van der Waals surface area contributed by atoms with Crippen LogP contribution in [0.1, 0.15) is 36.2 Å². The summed E-state index contributed by atoms with van der Waals surface area (Å²) in [4.78, 5) is 46.5. The van der Waals surface area contributed by atoms with Gasteiger partial charge in [0.05, 0.1) is 13.1 Å². The highest BCUT2D eigenvalue weighted by Gasteiger charge is 2.30. The number of aliphatic imine (C=N–C) groups is 1. The molecule has 0 aliphatic carbocycles. The van der Waals surface area contributed by atoms with Crippen LogP contribution >= 0.6 is 11.8 Å². The van der Waals surface area contributed by atoms with E-state index in [1.165, 1.54) is 0 Å². The Bertz CT molecular complexity index is 1290. The molecule has 4 bridgehead atoms. The number of benzene rings is 2. The van der Waals surface area contributed by atoms with Gasteiger partial charge in [-0.2, -0.15) is 0 Å². The normalized spacial score (nSPS) is 21.0. The van der Waals surface area contributed by atoms with E-state index < -0.39 is 18.0 Å². The van der Waals surface area contributed by atoms with Gasteiger partial charge in [-0.05, 0) is 48.2 Å². The lowest BCUT2D eigenvalue weighted by atomic mass is 10.0. The number of ether oxygens (including phenoxy) is 1. The van der Waals surface area contributed by atoms with Crippen molar-refractivity contribution in [3.05, 3.63) is 70.8 Å². The van der Waals surface area contributed by atoms with Crippen molar-refractivity contribution >= 4 is 34.7 Å². The minimum absolute atomic E-state index is 0.144. The van der Waals surface area contributed by atoms with Crippen LogP contribution in [0.2, 0.25) is 0 Å². The number of carbonyl (C=O) groups is 3. The van der Waals surface area contributed by atoms with Crippen LogP contribution in [0.25, 0.3) is 0 Å². The molecule has 4 aliphatic heterocycles. The molecule has 6 rings (SSSR count). The molecule has 0 aromatic heterocycles. The van der Waals surface area contributed by atoms with Gasteiger partial charge in [0.2, 0.25) is 11.8 Å². The molecule has 9 nitrogen and oxygen atoms in total. The van der Waals surface area contributed by atoms with Crippen LogP contribution in [0.3, 0.4) is 0 Å². The molecule has 0 unspecified atom stereocenters. The quantitative estimate of drug-likeness (QED) is 0.545. The molecular weight excluding hydrogens is 502 g/mol. The van der Waals surface area contributed by atoms with Crippen LogP contribution in [-0.4, -0.2) is 59.5 Å². The standard InChI is InChI=1S/C28H31N5O4S/c1-17(2)12-23-27(36)32-24(26(35)30-15-20-16-38-28-29-10-11-33(20)28)13-18-6-8-21(9-7-18)37-22-5-3-4-19(14-22)25(34)31-23/h3-9,14,16-17,23-24H,10-13,15H2,1-2H3,(H,30,35)(H,31,34)(H,32,36)/t23-,24-/m0/s1. The van der Waals surface area contributed by atoms with Gasteiger partial charge in [-0.1, -0.05) is 43.8 Å². The Morgan fingerprint density at radius 3 is 2.76 bits per heavy atom. The summed E-state index contributed by atoms with van der Waals surface area (Å²) in [5, 5.41) is 11.7. The van der Waals surface area contributed by atoms with Gasteiger partial charge in [-0.15, -0.1) is 0 Å². The second-order valence-corrected chi connectivity index (χ2v) is 10.8. The van der Waals surface area contributed by atoms with Crippen LogP contribution in [0, 0.1) is 5.92 Å². The van der Waals surface area contributed by atoms with E-state index in [0.717, 1.165) is 29.5 Å². The molecule has 4 heterocycles. The molecule has 2 aromatic rings. The Labute approximate surface area is 226 Å². The van der Waals surface area contributed by atoms with Gasteiger partial charge >= 0.3 is 0 Å². The Balaban J connectivity index is 1.39. The maximum Gasteiger partial charge on any atom is 0.252 e. The highest BCUT2D eigenvalue weighted by Crippen LogP contribution is 2.28. The number of hydrogen-bond acceptors (Lipinski definition) is 7. The molecule has 0 spiro atoms. The summed E-state index contributed by atoms with van der Waals surface area (Å²) in [6.07, 6.45) is 0.718. The maximum atomic E-state index is 13.5. The lowest BCUT2D eigenvalue weighted by Crippen LogP contribution is -2.55. The van der Waals surface area contributed by atoms with Crippen molar-refractivity contribution in [1.29, 1.82) is 0 Å². The van der Waals surface area contributed by atoms with Gasteiger partial charge in [0.25, 0.3) is 5.91 Å². The van der Waals surface area contributed by atoms with Crippen molar-refractivity contribution in [2.24, 2.45) is 10.9 Å². The Kier molecular flexibility index (Phi) is 7.69. The summed E-state index contributed by atoms with van der Waals surface area (Å²) < 4.78 is 5.95. The number of fused-ring (bicyclic) bond motifs is 9. The maximum absolute atomic E-state index is 13.5. The van der Waals surface area contributed by atoms with Crippen LogP contribution < -0.4 is 20.7 Å². The van der Waals surface area contributed by atoms with E-state index in [0.29, 0.717) is 30.0 Å². The van der Waals surface area contributed by atoms with Crippen LogP contribution in [0.15, 0.2) is 64.6 Å². The minimum atomic E-state index is -0.826. The van der Waals surface area contributed by atoms with Crippen molar-refractivity contribution in [1.82, 2.24) is 20.9 Å². The molecule has 2 aromatic carbocycles. The number of nitrogens with one attached hydrogen (secondary N) is 3. The summed E-state index contributed by atoms with van der Waals surface area (Å²) in [5.74, 6) is 0.210. The first kappa shape index (κ1) is 25.8. The van der Waals surface area contributed by atoms with Crippen molar-refractivity contribution in [2.75, 3.05) is 19.6 Å². The molecule has 4 aliphatic rings. The van der Waals surface area contributed by atoms with Crippen molar-refractivity contribution in [3.63, 3.8) is 0 Å². The first-order chi connectivity index (χ1) is 18.4. The first-order valence-corrected chi connectivity index (χ1v) is 13.7. The molecule has 198 valence electrons. The highest BCUT2D eigenvalue weighted by atomic mass is 32.2. The Morgan fingerprint density at radius 2 is 1.97 bits per heavy atom. The van der Waals surface area contributed by atoms with E-state index in [4.69, 9.17) is 4.74 Å². The van der Waals surface area contributed by atoms with E-state index in [1.807, 2.05) is 43.5 Å². The Morgan fingerprint density at radius 1 is 1.16 bits per heavy atom. The smallest absolute Gasteiger partial charge is 0.252 e. The van der Waals surface area contributed by atoms with Gasteiger partial charge in [0.15, 0.2) is 5.17 Å². The molecule has 0 saturated carbocycles. The number of hydrogen-bond donors (Lipinski definition) is 3. The molecule has 0 fully saturated rings. The van der Waals surface area contributed by atoms with Crippen LogP contribution in [0.5, 0.6) is 11.5 Å². The SMILES string of the molecule is CC(C)C[C@@H]1NC(=O)c2cccc(c2)Oc2ccc(cc2)C[C@@H](C(=O)NCC2=CSC3=NCCN23)NC1=O. The zero-order chi connectivity index (χ0) is 26.6. The third-order valence-corrected chi connectivity index (χ3v) is 7.50. The van der Waals surface area contributed by atoms with Gasteiger partial charge in [0, 0.05) is 29.6 Å². The van der Waals surface area contributed by atoms with Gasteiger partial charge in [0.1, 0.15) is 23.6 Å². The molecule has 2 atom stereocenters. The number of carbonyl (C=O) groups excluding carboxylic acids is 3. The largest absolute Gasteiger partial charge is 0.457 e. The van der Waals surface area contributed by atoms with E-state index >= 15 is 0 Å². The molecule has 3 N–H and O–H groups in total. The number of thioether (sulfide) groups is 1. The summed E-state index contributed by atoms with van der Waals surface area (Å²) in [6.45, 7) is 5.86. The fourth-order valence-electron chi connectivity index (χ4n) is 4.61. The lowest BCUT2D eigenvalue weighted by molar-refractivity contribution is -0.130. The van der Waals surface area contributed by atoms with E-state index in [9.17, 15) is 14.4 Å². The van der Waals surface area contributed by atoms with Crippen molar-refractivity contribution < 1.29 is 19.1 Å². The van der Waals surface area contributed by atoms with E-state index in [1.54, 1.807) is 36.0 Å². The number of nitrogens with zero attached hydrogens (tertiary/aromatic N) is 2. The third-order valence-electron chi connectivity index (χ3n) is 6.55. The summed E-state index contributed by atoms with van der Waals surface area (Å²) in [7, 11) is 0. The average molecular weight is 534 g/mol. The molecule has 10 heteroatoms. The fourth-order valence-corrected chi connectivity index (χ4v) is 5.56. The predicted octanol–water partition coefficient (Wildman–Crippen LogP) is 3.04. The Hall–Kier alpha value is -3.79. The molecule has 38 heavy (non-hydrogen) atoms. The van der Waals surface area contributed by atoms with Crippen molar-refractivity contribution in [2.45, 2.75) is 38.8 Å². The van der Waals surface area contributed by atoms with Crippen LogP contribution in [0.4, 0.5) is 0 Å². The summed E-state index contributed by atoms with van der Waals surface area (Å²) >= 11 is 1.55. The molecule has 3 amide bonds. The minimum Gasteiger partial charge on any atom is -0.457 e. The average Bonchev–Trinajstić information content (AvgIpc) is 3.51. The second-order valence-electron chi connectivity index (χ2n) is 9.96. The summed E-state index contributed by atoms with van der Waals surface area (Å²) in [6, 6.07) is 12.6. The third kappa shape index (κ3) is 6.02. The zero-order valence-corrected chi connectivity index (χ0v) is 22.2. The predicted molar refractivity (Wildman–Crippen MR) is 147 cm³/mol. The van der Waals surface area contributed by atoms with Gasteiger partial charge < -0.3 is 25.6 Å². The molecule has 0 saturated heterocycles. The van der Waals surface area contributed by atoms with E-state index in [2.05, 4.69) is 25.8 Å². The number of amides is 3. The van der Waals surface area contributed by atoms with E-state index in [-0.39, 0.29) is 24.2 Å². The monoisotopic (exact) mass is 533 g/mol. The second kappa shape index (κ2) is 11.3. The van der Waals surface area contributed by atoms with Gasteiger partial charge in [-0.3, -0.25) is 19.4 Å². The highest BCUT2D eigenvalue weighted by molar-refractivity contribution is 8.16. The zero-order valence-electron chi connectivity index (χ0n) is 21.4. The number of rotatable bonds is 5. The topological polar surface area (TPSA) is 112 Å². The van der Waals surface area contributed by atoms with Crippen molar-refractivity contribution in [3.8, 4) is 11.5 Å². The molecule has 0 radical (unpaired) electrons. The molecular formula is C28H31N5O4S. The first-order valence-electron chi connectivity index (χ1n) is 12.8. The van der Waals surface area contributed by atoms with Gasteiger partial charge in [-0.25, -0.2) is 0 Å². The fraction of sp³-hybridized carbons (Fsp3) is 0.357. The summed E-state index contributed by atoms with van der Waals surface area (Å²) in [5.41, 5.74) is 2.24. The van der Waals surface area contributed by atoms with Crippen LogP contribution in [-0.2, 0) is 16.0 Å².